The van der Waals surface area contributed by atoms with Gasteiger partial charge in [-0.2, -0.15) is 0 Å². The van der Waals surface area contributed by atoms with E-state index in [0.29, 0.717) is 48.9 Å². The predicted molar refractivity (Wildman–Crippen MR) is 133 cm³/mol. The third-order valence-electron chi connectivity index (χ3n) is 11.8. The van der Waals surface area contributed by atoms with E-state index < -0.39 is 24.4 Å². The number of rotatable bonds is 6. The van der Waals surface area contributed by atoms with E-state index >= 15 is 0 Å². The van der Waals surface area contributed by atoms with Crippen molar-refractivity contribution in [3.05, 3.63) is 0 Å². The largest absolute Gasteiger partial charge is 0.390 e. The molecule has 0 aliphatic heterocycles. The van der Waals surface area contributed by atoms with Gasteiger partial charge < -0.3 is 20.4 Å². The molecule has 5 heteroatoms. The first-order valence-corrected chi connectivity index (χ1v) is 14.1. The number of fused-ring (bicyclic) bond motifs is 5. The standard InChI is InChI=1S/C29H50O5/c1-7-17(15(2)3)27(34)26(33)16(4)19-8-9-20-18-12-23(30)22-13-24(31)25(32)14-29(22,6)21(18)10-11-28(19,20)5/h15-22,24-27,31-34H,7-14H2,1-6H3/t16?,17?,18?,19?,20?,21?,22?,24?,25?,26?,27?,28-,29-/m1/s1. The average Bonchev–Trinajstić information content (AvgIpc) is 3.12. The highest BCUT2D eigenvalue weighted by Gasteiger charge is 2.63. The molecule has 196 valence electrons. The van der Waals surface area contributed by atoms with Crippen LogP contribution in [0.5, 0.6) is 0 Å². The van der Waals surface area contributed by atoms with E-state index in [-0.39, 0.29) is 34.4 Å². The highest BCUT2D eigenvalue weighted by molar-refractivity contribution is 5.83. The van der Waals surface area contributed by atoms with E-state index in [2.05, 4.69) is 41.5 Å². The van der Waals surface area contributed by atoms with Crippen LogP contribution in [0.25, 0.3) is 0 Å². The molecule has 0 amide bonds. The number of Topliss-reactive ketones (excluding diaryl/α,β-unsaturated/α-hetero) is 1. The molecule has 0 spiro atoms. The maximum Gasteiger partial charge on any atom is 0.136 e. The molecule has 0 heterocycles. The van der Waals surface area contributed by atoms with Gasteiger partial charge >= 0.3 is 0 Å². The summed E-state index contributed by atoms with van der Waals surface area (Å²) in [6, 6.07) is 0. The molecule has 0 aromatic carbocycles. The van der Waals surface area contributed by atoms with Gasteiger partial charge in [-0.1, -0.05) is 48.0 Å². The van der Waals surface area contributed by atoms with Crippen molar-refractivity contribution in [1.82, 2.24) is 0 Å². The van der Waals surface area contributed by atoms with Crippen LogP contribution < -0.4 is 0 Å². The van der Waals surface area contributed by atoms with Gasteiger partial charge in [0.25, 0.3) is 0 Å². The van der Waals surface area contributed by atoms with Crippen molar-refractivity contribution in [2.45, 2.75) is 117 Å². The summed E-state index contributed by atoms with van der Waals surface area (Å²) in [5, 5.41) is 43.1. The summed E-state index contributed by atoms with van der Waals surface area (Å²) >= 11 is 0. The SMILES string of the molecule is CCC(C(C)C)C(O)C(O)C(C)C1CCC2C3CC(=O)C4CC(O)C(O)C[C@]4(C)C3CC[C@]12C. The van der Waals surface area contributed by atoms with Crippen LogP contribution in [0.4, 0.5) is 0 Å². The second-order valence-electron chi connectivity index (χ2n) is 13.6. The molecule has 4 rings (SSSR count). The Kier molecular flexibility index (Phi) is 7.37. The van der Waals surface area contributed by atoms with Gasteiger partial charge in [0, 0.05) is 12.3 Å². The lowest BCUT2D eigenvalue weighted by atomic mass is 9.44. The van der Waals surface area contributed by atoms with E-state index in [9.17, 15) is 25.2 Å². The molecule has 0 radical (unpaired) electrons. The molecule has 5 nitrogen and oxygen atoms in total. The van der Waals surface area contributed by atoms with Gasteiger partial charge in [0.15, 0.2) is 0 Å². The second kappa shape index (κ2) is 9.43. The molecule has 4 saturated carbocycles. The molecule has 4 fully saturated rings. The third-order valence-corrected chi connectivity index (χ3v) is 11.8. The lowest BCUT2D eigenvalue weighted by Crippen LogP contribution is -2.59. The zero-order valence-electron chi connectivity index (χ0n) is 22.3. The molecule has 4 aliphatic rings. The summed E-state index contributed by atoms with van der Waals surface area (Å²) in [5.74, 6) is 2.12. The minimum atomic E-state index is -0.783. The van der Waals surface area contributed by atoms with Crippen LogP contribution >= 0.6 is 0 Å². The summed E-state index contributed by atoms with van der Waals surface area (Å²) in [5.41, 5.74) is -0.165. The number of hydrogen-bond donors (Lipinski definition) is 4. The Hall–Kier alpha value is -0.490. The highest BCUT2D eigenvalue weighted by atomic mass is 16.3. The van der Waals surface area contributed by atoms with Gasteiger partial charge in [-0.3, -0.25) is 4.79 Å². The fourth-order valence-electron chi connectivity index (χ4n) is 9.89. The molecule has 11 unspecified atom stereocenters. The summed E-state index contributed by atoms with van der Waals surface area (Å²) in [7, 11) is 0. The number of carbonyl (C=O) groups is 1. The van der Waals surface area contributed by atoms with E-state index in [1.165, 1.54) is 0 Å². The van der Waals surface area contributed by atoms with Gasteiger partial charge in [-0.25, -0.2) is 0 Å². The molecule has 4 aliphatic carbocycles. The number of hydrogen-bond acceptors (Lipinski definition) is 5. The average molecular weight is 479 g/mol. The Balaban J connectivity index is 1.55. The van der Waals surface area contributed by atoms with Gasteiger partial charge in [-0.05, 0) is 90.8 Å². The number of carbonyl (C=O) groups excluding carboxylic acids is 1. The Morgan fingerprint density at radius 3 is 2.21 bits per heavy atom. The van der Waals surface area contributed by atoms with Crippen molar-refractivity contribution in [3.63, 3.8) is 0 Å². The van der Waals surface area contributed by atoms with Crippen molar-refractivity contribution in [2.75, 3.05) is 0 Å². The van der Waals surface area contributed by atoms with Crippen LogP contribution in [0, 0.1) is 58.2 Å². The first kappa shape index (κ1) is 26.6. The molecule has 34 heavy (non-hydrogen) atoms. The normalized spacial score (nSPS) is 48.0. The molecule has 0 saturated heterocycles. The molecule has 13 atom stereocenters. The van der Waals surface area contributed by atoms with Gasteiger partial charge in [-0.15, -0.1) is 0 Å². The van der Waals surface area contributed by atoms with E-state index in [4.69, 9.17) is 0 Å². The van der Waals surface area contributed by atoms with Crippen LogP contribution in [0.3, 0.4) is 0 Å². The van der Waals surface area contributed by atoms with Crippen LogP contribution in [0.1, 0.15) is 92.9 Å². The van der Waals surface area contributed by atoms with Crippen molar-refractivity contribution in [2.24, 2.45) is 58.2 Å². The fourth-order valence-corrected chi connectivity index (χ4v) is 9.89. The lowest BCUT2D eigenvalue weighted by Gasteiger charge is -2.61. The molecule has 0 aromatic rings. The van der Waals surface area contributed by atoms with Gasteiger partial charge in [0.05, 0.1) is 24.4 Å². The minimum Gasteiger partial charge on any atom is -0.390 e. The third kappa shape index (κ3) is 4.01. The lowest BCUT2D eigenvalue weighted by molar-refractivity contribution is -0.175. The Labute approximate surface area is 206 Å². The van der Waals surface area contributed by atoms with Crippen molar-refractivity contribution in [3.8, 4) is 0 Å². The number of ketones is 1. The summed E-state index contributed by atoms with van der Waals surface area (Å²) < 4.78 is 0. The van der Waals surface area contributed by atoms with Crippen LogP contribution in [0.2, 0.25) is 0 Å². The first-order chi connectivity index (χ1) is 15.9. The van der Waals surface area contributed by atoms with E-state index in [1.54, 1.807) is 0 Å². The zero-order valence-corrected chi connectivity index (χ0v) is 22.3. The minimum absolute atomic E-state index is 0.0172. The highest BCUT2D eigenvalue weighted by Crippen LogP contribution is 2.67. The zero-order chi connectivity index (χ0) is 25.2. The van der Waals surface area contributed by atoms with E-state index in [1.807, 2.05) is 0 Å². The fraction of sp³-hybridized carbons (Fsp3) is 0.966. The number of aliphatic hydroxyl groups is 4. The van der Waals surface area contributed by atoms with Gasteiger partial charge in [0.2, 0.25) is 0 Å². The van der Waals surface area contributed by atoms with E-state index in [0.717, 1.165) is 32.1 Å². The predicted octanol–water partition coefficient (Wildman–Crippen LogP) is 4.20. The van der Waals surface area contributed by atoms with Crippen LogP contribution in [-0.2, 0) is 4.79 Å². The maximum absolute atomic E-state index is 13.4. The topological polar surface area (TPSA) is 98.0 Å². The molecule has 4 N–H and O–H groups in total. The number of aliphatic hydroxyl groups excluding tert-OH is 4. The smallest absolute Gasteiger partial charge is 0.136 e. The quantitative estimate of drug-likeness (QED) is 0.459. The summed E-state index contributed by atoms with van der Waals surface area (Å²) in [6.07, 6.45) is 3.69. The van der Waals surface area contributed by atoms with Crippen molar-refractivity contribution >= 4 is 5.78 Å². The first-order valence-electron chi connectivity index (χ1n) is 14.1. The maximum atomic E-state index is 13.4. The molecular weight excluding hydrogens is 428 g/mol. The van der Waals surface area contributed by atoms with Crippen molar-refractivity contribution < 1.29 is 25.2 Å². The van der Waals surface area contributed by atoms with Gasteiger partial charge in [0.1, 0.15) is 5.78 Å². The second-order valence-corrected chi connectivity index (χ2v) is 13.6. The molecular formula is C29H50O5. The molecule has 0 bridgehead atoms. The summed E-state index contributed by atoms with van der Waals surface area (Å²) in [4.78, 5) is 13.4. The Morgan fingerprint density at radius 2 is 1.59 bits per heavy atom. The summed E-state index contributed by atoms with van der Waals surface area (Å²) in [6.45, 7) is 13.1. The van der Waals surface area contributed by atoms with Crippen LogP contribution in [-0.4, -0.2) is 50.6 Å². The van der Waals surface area contributed by atoms with Crippen molar-refractivity contribution in [1.29, 1.82) is 0 Å². The Bertz CT molecular complexity index is 753. The monoisotopic (exact) mass is 478 g/mol. The molecule has 0 aromatic heterocycles. The van der Waals surface area contributed by atoms with Crippen LogP contribution in [0.15, 0.2) is 0 Å². The Morgan fingerprint density at radius 1 is 0.941 bits per heavy atom.